The van der Waals surface area contributed by atoms with Crippen molar-refractivity contribution < 1.29 is 4.92 Å². The van der Waals surface area contributed by atoms with Gasteiger partial charge in [-0.1, -0.05) is 22.0 Å². The Labute approximate surface area is 131 Å². The van der Waals surface area contributed by atoms with Crippen molar-refractivity contribution in [3.8, 4) is 0 Å². The first-order chi connectivity index (χ1) is 9.97. The van der Waals surface area contributed by atoms with E-state index in [0.29, 0.717) is 16.6 Å². The first kappa shape index (κ1) is 15.3. The van der Waals surface area contributed by atoms with E-state index in [0.717, 1.165) is 11.4 Å². The van der Waals surface area contributed by atoms with Crippen LogP contribution in [0.5, 0.6) is 0 Å². The van der Waals surface area contributed by atoms with Crippen LogP contribution in [0.25, 0.3) is 0 Å². The van der Waals surface area contributed by atoms with Gasteiger partial charge in [-0.05, 0) is 30.3 Å². The number of nitrogens with one attached hydrogen (secondary N) is 1. The van der Waals surface area contributed by atoms with Gasteiger partial charge in [-0.3, -0.25) is 10.1 Å². The van der Waals surface area contributed by atoms with Gasteiger partial charge in [-0.15, -0.1) is 0 Å². The zero-order valence-corrected chi connectivity index (χ0v) is 13.4. The van der Waals surface area contributed by atoms with Crippen LogP contribution < -0.4 is 10.2 Å². The van der Waals surface area contributed by atoms with E-state index in [1.165, 1.54) is 6.07 Å². The second kappa shape index (κ2) is 6.58. The van der Waals surface area contributed by atoms with Crippen molar-refractivity contribution in [2.75, 3.05) is 24.3 Å². The second-order valence-electron chi connectivity index (χ2n) is 4.83. The number of nitro benzene ring substituents is 1. The summed E-state index contributed by atoms with van der Waals surface area (Å²) < 4.78 is 0.701. The van der Waals surface area contributed by atoms with Crippen molar-refractivity contribution in [1.29, 1.82) is 0 Å². The van der Waals surface area contributed by atoms with Crippen molar-refractivity contribution >= 4 is 33.0 Å². The molecule has 2 aromatic carbocycles. The fourth-order valence-electron chi connectivity index (χ4n) is 1.95. The van der Waals surface area contributed by atoms with Gasteiger partial charge in [0.25, 0.3) is 5.69 Å². The Morgan fingerprint density at radius 1 is 1.24 bits per heavy atom. The number of nitrogens with zero attached hydrogens (tertiary/aromatic N) is 2. The molecule has 0 bridgehead atoms. The van der Waals surface area contributed by atoms with Gasteiger partial charge in [0, 0.05) is 48.1 Å². The fourth-order valence-corrected chi connectivity index (χ4v) is 2.30. The summed E-state index contributed by atoms with van der Waals surface area (Å²) in [6, 6.07) is 13.0. The molecule has 0 aliphatic rings. The minimum atomic E-state index is -0.363. The van der Waals surface area contributed by atoms with Crippen LogP contribution in [0.1, 0.15) is 5.56 Å². The third-order valence-corrected chi connectivity index (χ3v) is 3.58. The molecule has 0 fully saturated rings. The topological polar surface area (TPSA) is 58.4 Å². The Hall–Kier alpha value is -2.08. The molecule has 0 aliphatic carbocycles. The van der Waals surface area contributed by atoms with Gasteiger partial charge < -0.3 is 10.2 Å². The molecule has 0 saturated heterocycles. The van der Waals surface area contributed by atoms with Crippen molar-refractivity contribution in [1.82, 2.24) is 0 Å². The van der Waals surface area contributed by atoms with Crippen LogP contribution in [0.3, 0.4) is 0 Å². The third-order valence-electron chi connectivity index (χ3n) is 3.09. The van der Waals surface area contributed by atoms with Crippen molar-refractivity contribution in [2.45, 2.75) is 6.54 Å². The maximum atomic E-state index is 11.1. The summed E-state index contributed by atoms with van der Waals surface area (Å²) in [5, 5.41) is 14.3. The molecule has 0 aliphatic heterocycles. The monoisotopic (exact) mass is 349 g/mol. The van der Waals surface area contributed by atoms with E-state index in [9.17, 15) is 10.1 Å². The first-order valence-electron chi connectivity index (χ1n) is 6.41. The van der Waals surface area contributed by atoms with Crippen LogP contribution in [0, 0.1) is 10.1 Å². The molecule has 2 rings (SSSR count). The second-order valence-corrected chi connectivity index (χ2v) is 5.74. The van der Waals surface area contributed by atoms with Crippen LogP contribution in [-0.2, 0) is 6.54 Å². The van der Waals surface area contributed by atoms with Crippen LogP contribution in [0.2, 0.25) is 0 Å². The summed E-state index contributed by atoms with van der Waals surface area (Å²) in [5.74, 6) is 0. The SMILES string of the molecule is CN(C)c1cccc(NCc2ccc(Br)cc2[N+](=O)[O-])c1. The molecule has 0 heterocycles. The predicted octanol–water partition coefficient (Wildman–Crippen LogP) is 4.04. The molecule has 0 unspecified atom stereocenters. The number of benzene rings is 2. The summed E-state index contributed by atoms with van der Waals surface area (Å²) >= 11 is 3.26. The first-order valence-corrected chi connectivity index (χ1v) is 7.21. The van der Waals surface area contributed by atoms with E-state index in [1.807, 2.05) is 43.3 Å². The van der Waals surface area contributed by atoms with Gasteiger partial charge in [-0.25, -0.2) is 0 Å². The lowest BCUT2D eigenvalue weighted by atomic mass is 10.1. The quantitative estimate of drug-likeness (QED) is 0.653. The van der Waals surface area contributed by atoms with E-state index in [2.05, 4.69) is 21.2 Å². The molecule has 6 heteroatoms. The van der Waals surface area contributed by atoms with E-state index >= 15 is 0 Å². The number of halogens is 1. The molecule has 110 valence electrons. The van der Waals surface area contributed by atoms with E-state index in [-0.39, 0.29) is 10.6 Å². The Morgan fingerprint density at radius 3 is 2.67 bits per heavy atom. The van der Waals surface area contributed by atoms with Gasteiger partial charge in [0.2, 0.25) is 0 Å². The molecule has 0 aromatic heterocycles. The van der Waals surface area contributed by atoms with E-state index in [4.69, 9.17) is 0 Å². The van der Waals surface area contributed by atoms with Crippen molar-refractivity contribution in [3.63, 3.8) is 0 Å². The Kier molecular flexibility index (Phi) is 4.80. The highest BCUT2D eigenvalue weighted by Gasteiger charge is 2.13. The van der Waals surface area contributed by atoms with Crippen molar-refractivity contribution in [3.05, 3.63) is 62.6 Å². The molecule has 1 N–H and O–H groups in total. The zero-order valence-electron chi connectivity index (χ0n) is 11.8. The standard InChI is InChI=1S/C15H16BrN3O2/c1-18(2)14-5-3-4-13(9-14)17-10-11-6-7-12(16)8-15(11)19(20)21/h3-9,17H,10H2,1-2H3. The molecule has 0 atom stereocenters. The van der Waals surface area contributed by atoms with Gasteiger partial charge in [0.15, 0.2) is 0 Å². The normalized spacial score (nSPS) is 10.2. The van der Waals surface area contributed by atoms with Crippen molar-refractivity contribution in [2.24, 2.45) is 0 Å². The molecular weight excluding hydrogens is 334 g/mol. The average molecular weight is 350 g/mol. The number of nitro groups is 1. The molecule has 21 heavy (non-hydrogen) atoms. The number of anilines is 2. The predicted molar refractivity (Wildman–Crippen MR) is 88.9 cm³/mol. The summed E-state index contributed by atoms with van der Waals surface area (Å²) in [6.07, 6.45) is 0. The lowest BCUT2D eigenvalue weighted by Gasteiger charge is -2.14. The number of hydrogen-bond acceptors (Lipinski definition) is 4. The average Bonchev–Trinajstić information content (AvgIpc) is 2.46. The van der Waals surface area contributed by atoms with Gasteiger partial charge >= 0.3 is 0 Å². The third kappa shape index (κ3) is 3.95. The lowest BCUT2D eigenvalue weighted by Crippen LogP contribution is -2.09. The summed E-state index contributed by atoms with van der Waals surface area (Å²) in [5.41, 5.74) is 2.77. The molecule has 5 nitrogen and oxygen atoms in total. The lowest BCUT2D eigenvalue weighted by molar-refractivity contribution is -0.385. The summed E-state index contributed by atoms with van der Waals surface area (Å²) in [6.45, 7) is 0.403. The van der Waals surface area contributed by atoms with Crippen LogP contribution in [0.15, 0.2) is 46.9 Å². The Balaban J connectivity index is 2.17. The molecule has 0 amide bonds. The Morgan fingerprint density at radius 2 is 2.00 bits per heavy atom. The van der Waals surface area contributed by atoms with Gasteiger partial charge in [-0.2, -0.15) is 0 Å². The highest BCUT2D eigenvalue weighted by atomic mass is 79.9. The van der Waals surface area contributed by atoms with Crippen LogP contribution in [0.4, 0.5) is 17.1 Å². The minimum absolute atomic E-state index is 0.112. The van der Waals surface area contributed by atoms with Gasteiger partial charge in [0.1, 0.15) is 0 Å². The highest BCUT2D eigenvalue weighted by molar-refractivity contribution is 9.10. The van der Waals surface area contributed by atoms with Gasteiger partial charge in [0.05, 0.1) is 4.92 Å². The zero-order chi connectivity index (χ0) is 15.4. The largest absolute Gasteiger partial charge is 0.381 e. The van der Waals surface area contributed by atoms with Crippen LogP contribution in [-0.4, -0.2) is 19.0 Å². The summed E-state index contributed by atoms with van der Waals surface area (Å²) in [4.78, 5) is 12.7. The Bertz CT molecular complexity index is 659. The molecule has 0 spiro atoms. The number of hydrogen-bond donors (Lipinski definition) is 1. The minimum Gasteiger partial charge on any atom is -0.381 e. The van der Waals surface area contributed by atoms with E-state index < -0.39 is 0 Å². The van der Waals surface area contributed by atoms with E-state index in [1.54, 1.807) is 12.1 Å². The smallest absolute Gasteiger partial charge is 0.275 e. The molecular formula is C15H16BrN3O2. The maximum Gasteiger partial charge on any atom is 0.275 e. The highest BCUT2D eigenvalue weighted by Crippen LogP contribution is 2.25. The maximum absolute atomic E-state index is 11.1. The molecule has 2 aromatic rings. The van der Waals surface area contributed by atoms with Crippen LogP contribution >= 0.6 is 15.9 Å². The molecule has 0 saturated carbocycles. The number of rotatable bonds is 5. The molecule has 0 radical (unpaired) electrons. The summed E-state index contributed by atoms with van der Waals surface area (Å²) in [7, 11) is 3.94. The fraction of sp³-hybridized carbons (Fsp3) is 0.200.